The molecular formula is C22H23F3N4O2S. The van der Waals surface area contributed by atoms with Crippen LogP contribution in [-0.4, -0.2) is 29.9 Å². The second kappa shape index (κ2) is 9.03. The first-order chi connectivity index (χ1) is 15.2. The third-order valence-electron chi connectivity index (χ3n) is 5.84. The van der Waals surface area contributed by atoms with E-state index in [1.54, 1.807) is 18.3 Å². The van der Waals surface area contributed by atoms with Gasteiger partial charge in [0, 0.05) is 30.4 Å². The van der Waals surface area contributed by atoms with Crippen LogP contribution in [-0.2, 0) is 16.2 Å². The fraction of sp³-hybridized carbons (Fsp3) is 0.364. The van der Waals surface area contributed by atoms with Gasteiger partial charge in [0.1, 0.15) is 10.7 Å². The van der Waals surface area contributed by atoms with E-state index in [-0.39, 0.29) is 16.7 Å². The highest BCUT2D eigenvalue weighted by Gasteiger charge is 2.31. The second-order valence-corrected chi connectivity index (χ2v) is 9.79. The van der Waals surface area contributed by atoms with Crippen molar-refractivity contribution >= 4 is 10.0 Å². The van der Waals surface area contributed by atoms with Gasteiger partial charge in [-0.25, -0.2) is 18.1 Å². The number of nitrogens with one attached hydrogen (secondary N) is 2. The molecule has 3 aromatic rings. The minimum absolute atomic E-state index is 0.145. The van der Waals surface area contributed by atoms with E-state index in [0.29, 0.717) is 17.8 Å². The Morgan fingerprint density at radius 2 is 1.84 bits per heavy atom. The Balaban J connectivity index is 1.34. The van der Waals surface area contributed by atoms with Crippen molar-refractivity contribution in [1.29, 1.82) is 0 Å². The van der Waals surface area contributed by atoms with Gasteiger partial charge in [0.05, 0.1) is 17.5 Å². The van der Waals surface area contributed by atoms with Crippen LogP contribution < -0.4 is 4.72 Å². The second-order valence-electron chi connectivity index (χ2n) is 8.02. The summed E-state index contributed by atoms with van der Waals surface area (Å²) in [6.45, 7) is 0.359. The van der Waals surface area contributed by atoms with E-state index in [2.05, 4.69) is 19.7 Å². The van der Waals surface area contributed by atoms with Crippen molar-refractivity contribution in [2.24, 2.45) is 5.92 Å². The third kappa shape index (κ3) is 5.18. The number of alkyl halides is 3. The lowest BCUT2D eigenvalue weighted by Crippen LogP contribution is -2.31. The maximum absolute atomic E-state index is 13.0. The number of aromatic nitrogens is 3. The van der Waals surface area contributed by atoms with Crippen LogP contribution in [0.3, 0.4) is 0 Å². The van der Waals surface area contributed by atoms with Crippen LogP contribution >= 0.6 is 0 Å². The first kappa shape index (κ1) is 22.5. The van der Waals surface area contributed by atoms with Crippen molar-refractivity contribution in [2.75, 3.05) is 6.54 Å². The van der Waals surface area contributed by atoms with Gasteiger partial charge in [-0.3, -0.25) is 4.98 Å². The predicted octanol–water partition coefficient (Wildman–Crippen LogP) is 4.74. The van der Waals surface area contributed by atoms with Crippen molar-refractivity contribution in [3.05, 3.63) is 66.4 Å². The van der Waals surface area contributed by atoms with E-state index in [0.717, 1.165) is 43.6 Å². The molecule has 0 amide bonds. The molecule has 10 heteroatoms. The Labute approximate surface area is 184 Å². The Hall–Kier alpha value is -2.72. The van der Waals surface area contributed by atoms with Crippen molar-refractivity contribution < 1.29 is 21.6 Å². The van der Waals surface area contributed by atoms with E-state index in [1.165, 1.54) is 24.5 Å². The zero-order valence-corrected chi connectivity index (χ0v) is 18.0. The average Bonchev–Trinajstić information content (AvgIpc) is 3.29. The summed E-state index contributed by atoms with van der Waals surface area (Å²) in [5.41, 5.74) is 0.301. The summed E-state index contributed by atoms with van der Waals surface area (Å²) in [7, 11) is -3.58. The van der Waals surface area contributed by atoms with Crippen LogP contribution in [0.25, 0.3) is 11.3 Å². The van der Waals surface area contributed by atoms with Crippen LogP contribution in [0, 0.1) is 5.92 Å². The van der Waals surface area contributed by atoms with E-state index < -0.39 is 21.8 Å². The molecule has 2 N–H and O–H groups in total. The monoisotopic (exact) mass is 464 g/mol. The van der Waals surface area contributed by atoms with Gasteiger partial charge in [-0.05, 0) is 55.9 Å². The van der Waals surface area contributed by atoms with Gasteiger partial charge in [0.2, 0.25) is 10.0 Å². The number of rotatable bonds is 6. The third-order valence-corrected chi connectivity index (χ3v) is 7.25. The topological polar surface area (TPSA) is 87.7 Å². The first-order valence-electron chi connectivity index (χ1n) is 10.3. The highest BCUT2D eigenvalue weighted by atomic mass is 32.2. The molecule has 0 aliphatic heterocycles. The lowest BCUT2D eigenvalue weighted by molar-refractivity contribution is -0.137. The van der Waals surface area contributed by atoms with Crippen molar-refractivity contribution in [3.63, 3.8) is 0 Å². The van der Waals surface area contributed by atoms with Gasteiger partial charge in [0.15, 0.2) is 0 Å². The summed E-state index contributed by atoms with van der Waals surface area (Å²) in [6, 6.07) is 8.25. The van der Waals surface area contributed by atoms with Gasteiger partial charge in [-0.1, -0.05) is 12.1 Å². The van der Waals surface area contributed by atoms with E-state index in [1.807, 2.05) is 0 Å². The normalized spacial score (nSPS) is 19.7. The summed E-state index contributed by atoms with van der Waals surface area (Å²) in [5.74, 6) is 1.14. The molecule has 4 rings (SSSR count). The number of imidazole rings is 1. The number of aromatic amines is 1. The highest BCUT2D eigenvalue weighted by molar-refractivity contribution is 7.89. The molecule has 170 valence electrons. The number of benzene rings is 1. The van der Waals surface area contributed by atoms with Gasteiger partial charge in [-0.2, -0.15) is 13.2 Å². The first-order valence-corrected chi connectivity index (χ1v) is 11.8. The summed E-state index contributed by atoms with van der Waals surface area (Å²) in [5, 5.41) is 0. The molecule has 0 saturated heterocycles. The standard InChI is InChI=1S/C22H23F3N4O2S/c23-22(24,25)18-4-1-3-17(11-18)20-14-27-21(29-20)16-8-6-15(7-9-16)12-28-32(30,31)19-5-2-10-26-13-19/h1-5,10-11,13-16,28H,6-9,12H2,(H,27,29). The minimum atomic E-state index is -4.39. The highest BCUT2D eigenvalue weighted by Crippen LogP contribution is 2.36. The molecule has 2 heterocycles. The van der Waals surface area contributed by atoms with Gasteiger partial charge < -0.3 is 4.98 Å². The molecule has 2 aromatic heterocycles. The van der Waals surface area contributed by atoms with E-state index in [9.17, 15) is 21.6 Å². The number of pyridine rings is 1. The summed E-state index contributed by atoms with van der Waals surface area (Å²) >= 11 is 0. The molecule has 1 aliphatic rings. The zero-order valence-electron chi connectivity index (χ0n) is 17.1. The number of halogens is 3. The van der Waals surface area contributed by atoms with Gasteiger partial charge >= 0.3 is 6.18 Å². The zero-order chi connectivity index (χ0) is 22.8. The largest absolute Gasteiger partial charge is 0.416 e. The minimum Gasteiger partial charge on any atom is -0.342 e. The maximum Gasteiger partial charge on any atom is 0.416 e. The summed E-state index contributed by atoms with van der Waals surface area (Å²) in [4.78, 5) is 11.6. The van der Waals surface area contributed by atoms with E-state index in [4.69, 9.17) is 0 Å². The van der Waals surface area contributed by atoms with Crippen LogP contribution in [0.1, 0.15) is 43.0 Å². The van der Waals surface area contributed by atoms with Crippen molar-refractivity contribution in [2.45, 2.75) is 42.7 Å². The smallest absolute Gasteiger partial charge is 0.342 e. The molecule has 0 atom stereocenters. The van der Waals surface area contributed by atoms with Crippen molar-refractivity contribution in [1.82, 2.24) is 19.7 Å². The molecule has 32 heavy (non-hydrogen) atoms. The SMILES string of the molecule is O=S(=O)(NCC1CCC(c2ncc(-c3cccc(C(F)(F)F)c3)[nH]2)CC1)c1cccnc1. The molecule has 1 aromatic carbocycles. The summed E-state index contributed by atoms with van der Waals surface area (Å²) in [6.07, 6.45) is 3.34. The number of hydrogen-bond donors (Lipinski definition) is 2. The Morgan fingerprint density at radius 1 is 1.06 bits per heavy atom. The molecule has 0 bridgehead atoms. The molecule has 0 radical (unpaired) electrons. The Morgan fingerprint density at radius 3 is 2.53 bits per heavy atom. The van der Waals surface area contributed by atoms with Crippen LogP contribution in [0.15, 0.2) is 59.9 Å². The molecular weight excluding hydrogens is 441 g/mol. The number of nitrogens with zero attached hydrogens (tertiary/aromatic N) is 2. The quantitative estimate of drug-likeness (QED) is 0.552. The predicted molar refractivity (Wildman–Crippen MR) is 113 cm³/mol. The fourth-order valence-corrected chi connectivity index (χ4v) is 5.09. The summed E-state index contributed by atoms with van der Waals surface area (Å²) < 4.78 is 66.3. The fourth-order valence-electron chi connectivity index (χ4n) is 4.01. The van der Waals surface area contributed by atoms with Gasteiger partial charge in [0.25, 0.3) is 0 Å². The van der Waals surface area contributed by atoms with Crippen LogP contribution in [0.5, 0.6) is 0 Å². The van der Waals surface area contributed by atoms with Gasteiger partial charge in [-0.15, -0.1) is 0 Å². The Kier molecular flexibility index (Phi) is 6.34. The van der Waals surface area contributed by atoms with E-state index >= 15 is 0 Å². The van der Waals surface area contributed by atoms with Crippen LogP contribution in [0.2, 0.25) is 0 Å². The molecule has 0 spiro atoms. The molecule has 0 unspecified atom stereocenters. The Bertz CT molecular complexity index is 1160. The number of H-pyrrole nitrogens is 1. The average molecular weight is 465 g/mol. The van der Waals surface area contributed by atoms with Crippen LogP contribution in [0.4, 0.5) is 13.2 Å². The molecule has 1 saturated carbocycles. The molecule has 1 aliphatic carbocycles. The lowest BCUT2D eigenvalue weighted by Gasteiger charge is -2.27. The number of hydrogen-bond acceptors (Lipinski definition) is 4. The maximum atomic E-state index is 13.0. The van der Waals surface area contributed by atoms with Crippen molar-refractivity contribution in [3.8, 4) is 11.3 Å². The molecule has 1 fully saturated rings. The lowest BCUT2D eigenvalue weighted by atomic mass is 9.82. The molecule has 6 nitrogen and oxygen atoms in total. The number of sulfonamides is 1.